The molecule has 0 saturated heterocycles. The Kier molecular flexibility index (Phi) is 4.71. The molecule has 0 aliphatic carbocycles. The number of aliphatic hydroxyl groups excluding tert-OH is 1. The Labute approximate surface area is 168 Å². The smallest absolute Gasteiger partial charge is 0.336 e. The van der Waals surface area contributed by atoms with Crippen LogP contribution >= 0.6 is 0 Å². The van der Waals surface area contributed by atoms with Gasteiger partial charge in [-0.25, -0.2) is 9.18 Å². The average Bonchev–Trinajstić information content (AvgIpc) is 2.67. The summed E-state index contributed by atoms with van der Waals surface area (Å²) < 4.78 is 24.0. The molecule has 0 bridgehead atoms. The van der Waals surface area contributed by atoms with E-state index in [1.807, 2.05) is 0 Å². The zero-order valence-electron chi connectivity index (χ0n) is 15.6. The number of hydrogen-bond donors (Lipinski definition) is 2. The fourth-order valence-electron chi connectivity index (χ4n) is 3.42. The zero-order valence-corrected chi connectivity index (χ0v) is 15.6. The lowest BCUT2D eigenvalue weighted by Gasteiger charge is -2.24. The molecule has 0 spiro atoms. The maximum Gasteiger partial charge on any atom is 0.336 e. The number of aliphatic carboxylic acids is 1. The molecule has 2 atom stereocenters. The molecule has 2 aromatic carbocycles. The first-order chi connectivity index (χ1) is 14.2. The molecule has 1 aliphatic heterocycles. The van der Waals surface area contributed by atoms with E-state index in [0.29, 0.717) is 5.39 Å². The number of halogens is 1. The van der Waals surface area contributed by atoms with Crippen molar-refractivity contribution in [3.05, 3.63) is 87.0 Å². The van der Waals surface area contributed by atoms with Crippen molar-refractivity contribution in [1.29, 1.82) is 0 Å². The van der Waals surface area contributed by atoms with E-state index in [2.05, 4.69) is 0 Å². The van der Waals surface area contributed by atoms with Crippen LogP contribution in [-0.4, -0.2) is 28.3 Å². The Morgan fingerprint density at radius 1 is 1.17 bits per heavy atom. The number of carboxylic acid groups (broad SMARTS) is 1. The van der Waals surface area contributed by atoms with Gasteiger partial charge in [-0.1, -0.05) is 18.2 Å². The van der Waals surface area contributed by atoms with Gasteiger partial charge in [-0.15, -0.1) is 0 Å². The molecule has 1 aromatic heterocycles. The van der Waals surface area contributed by atoms with Gasteiger partial charge >= 0.3 is 11.6 Å². The molecular formula is C22H15FO7. The summed E-state index contributed by atoms with van der Waals surface area (Å²) >= 11 is 0. The van der Waals surface area contributed by atoms with Crippen molar-refractivity contribution in [2.24, 2.45) is 0 Å². The molecule has 0 radical (unpaired) electrons. The van der Waals surface area contributed by atoms with E-state index in [0.717, 1.165) is 29.8 Å². The molecule has 4 rings (SSSR count). The highest BCUT2D eigenvalue weighted by atomic mass is 19.1. The molecule has 8 heteroatoms. The largest absolute Gasteiger partial charge is 0.481 e. The molecule has 0 amide bonds. The minimum atomic E-state index is -1.74. The first kappa shape index (κ1) is 19.5. The predicted octanol–water partition coefficient (Wildman–Crippen LogP) is 2.93. The molecule has 0 fully saturated rings. The van der Waals surface area contributed by atoms with Crippen LogP contribution in [0.2, 0.25) is 0 Å². The van der Waals surface area contributed by atoms with Gasteiger partial charge in [0, 0.05) is 11.5 Å². The molecule has 152 valence electrons. The van der Waals surface area contributed by atoms with Gasteiger partial charge in [-0.3, -0.25) is 9.59 Å². The Bertz CT molecular complexity index is 1290. The quantitative estimate of drug-likeness (QED) is 0.504. The Hall–Kier alpha value is -3.78. The van der Waals surface area contributed by atoms with Crippen molar-refractivity contribution < 1.29 is 33.3 Å². The SMILES string of the molecule is Cc1ccc2c([C@H](/C=C3/C(=O)c4cc(F)ccc4O[C@@H]3O)C(=O)O)cc(=O)oc2c1. The van der Waals surface area contributed by atoms with Crippen LogP contribution in [0.3, 0.4) is 0 Å². The third-order valence-electron chi connectivity index (χ3n) is 4.83. The number of carboxylic acids is 1. The van der Waals surface area contributed by atoms with Crippen LogP contribution in [0, 0.1) is 12.7 Å². The predicted molar refractivity (Wildman–Crippen MR) is 103 cm³/mol. The highest BCUT2D eigenvalue weighted by Crippen LogP contribution is 2.33. The number of fused-ring (bicyclic) bond motifs is 2. The van der Waals surface area contributed by atoms with E-state index < -0.39 is 35.4 Å². The van der Waals surface area contributed by atoms with Crippen molar-refractivity contribution in [3.8, 4) is 5.75 Å². The van der Waals surface area contributed by atoms with Crippen LogP contribution < -0.4 is 10.4 Å². The standard InChI is InChI=1S/C22H15FO7/c1-10-2-4-12-13(9-19(24)29-18(12)6-10)14(21(26)27)8-16-20(25)15-7-11(23)3-5-17(15)30-22(16)28/h2-9,14,22,28H,1H3,(H,26,27)/b16-8-/t14-,22-/m0/s1. The van der Waals surface area contributed by atoms with E-state index in [1.165, 1.54) is 6.07 Å². The van der Waals surface area contributed by atoms with Gasteiger partial charge in [0.1, 0.15) is 23.1 Å². The maximum atomic E-state index is 13.6. The van der Waals surface area contributed by atoms with Crippen molar-refractivity contribution in [1.82, 2.24) is 0 Å². The summed E-state index contributed by atoms with van der Waals surface area (Å²) in [5.74, 6) is -4.29. The minimum Gasteiger partial charge on any atom is -0.481 e. The molecule has 7 nitrogen and oxygen atoms in total. The minimum absolute atomic E-state index is 0.0146. The van der Waals surface area contributed by atoms with E-state index >= 15 is 0 Å². The van der Waals surface area contributed by atoms with Gasteiger partial charge in [0.25, 0.3) is 0 Å². The fraction of sp³-hybridized carbons (Fsp3) is 0.136. The summed E-state index contributed by atoms with van der Waals surface area (Å²) in [6.07, 6.45) is -0.733. The van der Waals surface area contributed by atoms with Gasteiger partial charge in [0.15, 0.2) is 5.78 Å². The van der Waals surface area contributed by atoms with Crippen molar-refractivity contribution in [3.63, 3.8) is 0 Å². The number of Topliss-reactive ketones (excluding diaryl/α,β-unsaturated/α-hetero) is 1. The topological polar surface area (TPSA) is 114 Å². The number of benzene rings is 2. The number of hydrogen-bond acceptors (Lipinski definition) is 6. The third kappa shape index (κ3) is 3.37. The molecule has 2 N–H and O–H groups in total. The summed E-state index contributed by atoms with van der Waals surface area (Å²) in [5.41, 5.74) is -0.171. The second-order valence-corrected chi connectivity index (χ2v) is 6.90. The summed E-state index contributed by atoms with van der Waals surface area (Å²) in [6, 6.07) is 9.18. The molecule has 0 unspecified atom stereocenters. The van der Waals surface area contributed by atoms with Crippen LogP contribution in [-0.2, 0) is 4.79 Å². The van der Waals surface area contributed by atoms with E-state index in [4.69, 9.17) is 9.15 Å². The third-order valence-corrected chi connectivity index (χ3v) is 4.83. The van der Waals surface area contributed by atoms with Crippen molar-refractivity contribution in [2.45, 2.75) is 19.1 Å². The Morgan fingerprint density at radius 3 is 2.67 bits per heavy atom. The molecule has 3 aromatic rings. The van der Waals surface area contributed by atoms with Crippen LogP contribution in [0.4, 0.5) is 4.39 Å². The normalized spacial score (nSPS) is 18.2. The van der Waals surface area contributed by atoms with Gasteiger partial charge in [-0.05, 0) is 42.3 Å². The van der Waals surface area contributed by atoms with Crippen LogP contribution in [0.15, 0.2) is 63.3 Å². The average molecular weight is 410 g/mol. The lowest BCUT2D eigenvalue weighted by Crippen LogP contribution is -2.31. The second kappa shape index (κ2) is 7.23. The summed E-state index contributed by atoms with van der Waals surface area (Å²) in [4.78, 5) is 36.8. The molecule has 0 saturated carbocycles. The highest BCUT2D eigenvalue weighted by Gasteiger charge is 2.33. The van der Waals surface area contributed by atoms with Gasteiger partial charge in [0.2, 0.25) is 6.29 Å². The van der Waals surface area contributed by atoms with Crippen LogP contribution in [0.25, 0.3) is 11.0 Å². The first-order valence-corrected chi connectivity index (χ1v) is 8.92. The Morgan fingerprint density at radius 2 is 1.93 bits per heavy atom. The number of ether oxygens (including phenoxy) is 1. The van der Waals surface area contributed by atoms with Gasteiger partial charge < -0.3 is 19.4 Å². The van der Waals surface area contributed by atoms with Crippen LogP contribution in [0.1, 0.15) is 27.4 Å². The molecular weight excluding hydrogens is 395 g/mol. The summed E-state index contributed by atoms with van der Waals surface area (Å²) in [5, 5.41) is 20.4. The van der Waals surface area contributed by atoms with E-state index in [1.54, 1.807) is 25.1 Å². The van der Waals surface area contributed by atoms with Crippen molar-refractivity contribution in [2.75, 3.05) is 0 Å². The monoisotopic (exact) mass is 410 g/mol. The number of rotatable bonds is 3. The van der Waals surface area contributed by atoms with E-state index in [9.17, 15) is 29.0 Å². The summed E-state index contributed by atoms with van der Waals surface area (Å²) in [7, 11) is 0. The molecule has 2 heterocycles. The van der Waals surface area contributed by atoms with Gasteiger partial charge in [-0.2, -0.15) is 0 Å². The highest BCUT2D eigenvalue weighted by molar-refractivity contribution is 6.12. The number of ketones is 1. The lowest BCUT2D eigenvalue weighted by atomic mass is 9.90. The Balaban J connectivity index is 1.89. The number of carbonyl (C=O) groups is 2. The first-order valence-electron chi connectivity index (χ1n) is 8.92. The van der Waals surface area contributed by atoms with Gasteiger partial charge in [0.05, 0.1) is 11.1 Å². The van der Waals surface area contributed by atoms with E-state index in [-0.39, 0.29) is 28.0 Å². The fourth-order valence-corrected chi connectivity index (χ4v) is 3.42. The number of carbonyl (C=O) groups excluding carboxylic acids is 1. The number of aryl methyl sites for hydroxylation is 1. The maximum absolute atomic E-state index is 13.6. The molecule has 1 aliphatic rings. The number of aliphatic hydroxyl groups is 1. The van der Waals surface area contributed by atoms with Crippen molar-refractivity contribution >= 4 is 22.7 Å². The zero-order chi connectivity index (χ0) is 21.6. The lowest BCUT2D eigenvalue weighted by molar-refractivity contribution is -0.137. The second-order valence-electron chi connectivity index (χ2n) is 6.90. The summed E-state index contributed by atoms with van der Waals surface area (Å²) in [6.45, 7) is 1.79. The van der Waals surface area contributed by atoms with Crippen LogP contribution in [0.5, 0.6) is 5.75 Å². The molecule has 30 heavy (non-hydrogen) atoms.